The molecular weight excluding hydrogens is 436 g/mol. The van der Waals surface area contributed by atoms with Crippen LogP contribution in [0.15, 0.2) is 64.8 Å². The van der Waals surface area contributed by atoms with Gasteiger partial charge in [0.25, 0.3) is 0 Å². The Morgan fingerprint density at radius 1 is 0.722 bits per heavy atom. The molecule has 36 heavy (non-hydrogen) atoms. The smallest absolute Gasteiger partial charge is 0.0733 e. The minimum absolute atomic E-state index is 0.524. The number of aryl methyl sites for hydroxylation is 1. The van der Waals surface area contributed by atoms with E-state index >= 15 is 0 Å². The fraction of sp³-hybridized carbons (Fsp3) is 0.588. The van der Waals surface area contributed by atoms with E-state index in [9.17, 15) is 0 Å². The van der Waals surface area contributed by atoms with Gasteiger partial charge in [0.2, 0.25) is 0 Å². The monoisotopic (exact) mass is 486 g/mol. The highest BCUT2D eigenvalue weighted by molar-refractivity contribution is 6.02. The van der Waals surface area contributed by atoms with Gasteiger partial charge < -0.3 is 0 Å². The van der Waals surface area contributed by atoms with Crippen LogP contribution < -0.4 is 0 Å². The molecule has 196 valence electrons. The molecule has 0 amide bonds. The lowest BCUT2D eigenvalue weighted by atomic mass is 9.76. The molecule has 0 spiro atoms. The summed E-state index contributed by atoms with van der Waals surface area (Å²) in [6.07, 6.45) is 23.3. The Kier molecular flexibility index (Phi) is 13.6. The normalized spacial score (nSPS) is 18.7. The van der Waals surface area contributed by atoms with Crippen LogP contribution in [0.2, 0.25) is 0 Å². The molecule has 2 nitrogen and oxygen atoms in total. The summed E-state index contributed by atoms with van der Waals surface area (Å²) in [6, 6.07) is 19.6. The standard InChI is InChI=1S/C34H50N2/c1-3-5-7-9-12-16-29-20-22-31(23-21-29)28-35-36-34(32-18-14-11-15-19-32)33-26-24-30(25-27-33)17-13-10-8-6-4-2/h11,14-15,18-23,28,30,33H,3-10,12-13,16-17,24-27H2,1-2H3. The lowest BCUT2D eigenvalue weighted by Gasteiger charge is -2.29. The SMILES string of the molecule is CCCCCCCc1ccc(C=NN=C(c2ccccc2)C2CCC(CCCCCCC)CC2)cc1. The van der Waals surface area contributed by atoms with Crippen molar-refractivity contribution in [1.82, 2.24) is 0 Å². The van der Waals surface area contributed by atoms with Crippen LogP contribution in [0, 0.1) is 11.8 Å². The third-order valence-corrected chi connectivity index (χ3v) is 7.94. The number of hydrogen-bond donors (Lipinski definition) is 0. The first-order chi connectivity index (χ1) is 17.8. The van der Waals surface area contributed by atoms with Gasteiger partial charge in [0, 0.05) is 5.92 Å². The first-order valence-electron chi connectivity index (χ1n) is 15.1. The molecule has 3 rings (SSSR count). The van der Waals surface area contributed by atoms with E-state index in [4.69, 9.17) is 5.10 Å². The fourth-order valence-electron chi connectivity index (χ4n) is 5.61. The zero-order chi connectivity index (χ0) is 25.3. The van der Waals surface area contributed by atoms with Crippen LogP contribution in [0.1, 0.15) is 127 Å². The van der Waals surface area contributed by atoms with Crippen molar-refractivity contribution in [2.45, 2.75) is 117 Å². The van der Waals surface area contributed by atoms with Crippen LogP contribution in [0.3, 0.4) is 0 Å². The van der Waals surface area contributed by atoms with Crippen LogP contribution in [0.25, 0.3) is 0 Å². The molecule has 0 aromatic heterocycles. The summed E-state index contributed by atoms with van der Waals surface area (Å²) in [5.41, 5.74) is 4.97. The predicted molar refractivity (Wildman–Crippen MR) is 158 cm³/mol. The highest BCUT2D eigenvalue weighted by Crippen LogP contribution is 2.34. The average Bonchev–Trinajstić information content (AvgIpc) is 2.93. The molecule has 2 aromatic carbocycles. The second kappa shape index (κ2) is 17.3. The second-order valence-corrected chi connectivity index (χ2v) is 10.9. The first-order valence-corrected chi connectivity index (χ1v) is 15.1. The Hall–Kier alpha value is -2.22. The molecule has 1 fully saturated rings. The molecule has 1 aliphatic rings. The van der Waals surface area contributed by atoms with Crippen LogP contribution in [-0.4, -0.2) is 11.9 Å². The third kappa shape index (κ3) is 10.4. The molecule has 2 aromatic rings. The van der Waals surface area contributed by atoms with E-state index in [1.807, 2.05) is 6.21 Å². The molecule has 1 aliphatic carbocycles. The quantitative estimate of drug-likeness (QED) is 0.128. The maximum Gasteiger partial charge on any atom is 0.0733 e. The molecule has 0 heterocycles. The summed E-state index contributed by atoms with van der Waals surface area (Å²) in [7, 11) is 0. The van der Waals surface area contributed by atoms with E-state index < -0.39 is 0 Å². The van der Waals surface area contributed by atoms with E-state index in [0.29, 0.717) is 5.92 Å². The molecule has 1 saturated carbocycles. The lowest BCUT2D eigenvalue weighted by Crippen LogP contribution is -2.22. The van der Waals surface area contributed by atoms with Gasteiger partial charge in [0.15, 0.2) is 0 Å². The van der Waals surface area contributed by atoms with E-state index in [-0.39, 0.29) is 0 Å². The van der Waals surface area contributed by atoms with Gasteiger partial charge >= 0.3 is 0 Å². The Morgan fingerprint density at radius 3 is 2.03 bits per heavy atom. The summed E-state index contributed by atoms with van der Waals surface area (Å²) in [6.45, 7) is 4.57. The lowest BCUT2D eigenvalue weighted by molar-refractivity contribution is 0.298. The van der Waals surface area contributed by atoms with Crippen LogP contribution >= 0.6 is 0 Å². The van der Waals surface area contributed by atoms with E-state index in [2.05, 4.69) is 73.5 Å². The molecule has 0 radical (unpaired) electrons. The van der Waals surface area contributed by atoms with Crippen molar-refractivity contribution in [3.63, 3.8) is 0 Å². The number of hydrogen-bond acceptors (Lipinski definition) is 2. The predicted octanol–water partition coefficient (Wildman–Crippen LogP) is 10.2. The summed E-state index contributed by atoms with van der Waals surface area (Å²) in [4.78, 5) is 0. The van der Waals surface area contributed by atoms with Crippen LogP contribution in [0.4, 0.5) is 0 Å². The third-order valence-electron chi connectivity index (χ3n) is 7.94. The average molecular weight is 487 g/mol. The molecular formula is C34H50N2. The molecule has 0 unspecified atom stereocenters. The summed E-state index contributed by atoms with van der Waals surface area (Å²) >= 11 is 0. The van der Waals surface area contributed by atoms with Crippen molar-refractivity contribution in [3.8, 4) is 0 Å². The largest absolute Gasteiger partial charge is 0.158 e. The fourth-order valence-corrected chi connectivity index (χ4v) is 5.61. The summed E-state index contributed by atoms with van der Waals surface area (Å²) in [5, 5.41) is 9.40. The van der Waals surface area contributed by atoms with Gasteiger partial charge in [0.05, 0.1) is 11.9 Å². The van der Waals surface area contributed by atoms with Crippen molar-refractivity contribution in [1.29, 1.82) is 0 Å². The van der Waals surface area contributed by atoms with Gasteiger partial charge in [-0.05, 0) is 61.1 Å². The van der Waals surface area contributed by atoms with Gasteiger partial charge in [-0.1, -0.05) is 133 Å². The molecule has 0 aliphatic heterocycles. The first kappa shape index (κ1) is 28.4. The van der Waals surface area contributed by atoms with Crippen molar-refractivity contribution in [2.75, 3.05) is 0 Å². The minimum Gasteiger partial charge on any atom is -0.158 e. The molecule has 2 heteroatoms. The molecule has 0 saturated heterocycles. The van der Waals surface area contributed by atoms with E-state index in [0.717, 1.165) is 11.5 Å². The van der Waals surface area contributed by atoms with E-state index in [1.165, 1.54) is 120 Å². The van der Waals surface area contributed by atoms with Crippen molar-refractivity contribution < 1.29 is 0 Å². The number of rotatable bonds is 16. The highest BCUT2D eigenvalue weighted by Gasteiger charge is 2.25. The molecule has 0 atom stereocenters. The van der Waals surface area contributed by atoms with Crippen molar-refractivity contribution in [3.05, 3.63) is 71.3 Å². The number of nitrogens with zero attached hydrogens (tertiary/aromatic N) is 2. The Bertz CT molecular complexity index is 873. The van der Waals surface area contributed by atoms with Gasteiger partial charge in [-0.2, -0.15) is 10.2 Å². The Labute approximate surface area is 221 Å². The van der Waals surface area contributed by atoms with Crippen molar-refractivity contribution in [2.24, 2.45) is 22.0 Å². The summed E-state index contributed by atoms with van der Waals surface area (Å²) in [5.74, 6) is 1.43. The van der Waals surface area contributed by atoms with Crippen LogP contribution in [0.5, 0.6) is 0 Å². The van der Waals surface area contributed by atoms with Crippen LogP contribution in [-0.2, 0) is 6.42 Å². The maximum atomic E-state index is 4.82. The second-order valence-electron chi connectivity index (χ2n) is 10.9. The zero-order valence-corrected chi connectivity index (χ0v) is 23.1. The number of benzene rings is 2. The molecule has 0 N–H and O–H groups in total. The molecule has 0 bridgehead atoms. The summed E-state index contributed by atoms with van der Waals surface area (Å²) < 4.78 is 0. The Morgan fingerprint density at radius 2 is 1.36 bits per heavy atom. The minimum atomic E-state index is 0.524. The topological polar surface area (TPSA) is 24.7 Å². The maximum absolute atomic E-state index is 4.82. The van der Waals surface area contributed by atoms with Gasteiger partial charge in [-0.15, -0.1) is 0 Å². The zero-order valence-electron chi connectivity index (χ0n) is 23.1. The van der Waals surface area contributed by atoms with Gasteiger partial charge in [-0.3, -0.25) is 0 Å². The highest BCUT2D eigenvalue weighted by atomic mass is 15.2. The van der Waals surface area contributed by atoms with E-state index in [1.54, 1.807) is 0 Å². The Balaban J connectivity index is 1.54. The van der Waals surface area contributed by atoms with Gasteiger partial charge in [0.1, 0.15) is 0 Å². The number of unbranched alkanes of at least 4 members (excludes halogenated alkanes) is 8. The van der Waals surface area contributed by atoms with Gasteiger partial charge in [-0.25, -0.2) is 0 Å². The van der Waals surface area contributed by atoms with Crippen molar-refractivity contribution >= 4 is 11.9 Å².